The zero-order chi connectivity index (χ0) is 21.8. The minimum Gasteiger partial charge on any atom is -0.496 e. The highest BCUT2D eigenvalue weighted by Crippen LogP contribution is 2.38. The van der Waals surface area contributed by atoms with Crippen LogP contribution in [0.2, 0.25) is 5.02 Å². The van der Waals surface area contributed by atoms with E-state index in [0.717, 1.165) is 6.20 Å². The molecule has 0 radical (unpaired) electrons. The lowest BCUT2D eigenvalue weighted by atomic mass is 10.1. The Bertz CT molecular complexity index is 928. The second-order valence-electron chi connectivity index (χ2n) is 6.17. The maximum atomic E-state index is 13.9. The van der Waals surface area contributed by atoms with Crippen LogP contribution in [-0.2, 0) is 4.74 Å². The fourth-order valence-electron chi connectivity index (χ4n) is 2.95. The van der Waals surface area contributed by atoms with E-state index in [1.807, 2.05) is 0 Å². The average Bonchev–Trinajstić information content (AvgIpc) is 2.75. The van der Waals surface area contributed by atoms with Gasteiger partial charge in [0.25, 0.3) is 5.91 Å². The second kappa shape index (κ2) is 9.35. The highest BCUT2D eigenvalue weighted by molar-refractivity contribution is 6.34. The summed E-state index contributed by atoms with van der Waals surface area (Å²) < 4.78 is 52.0. The van der Waals surface area contributed by atoms with Crippen LogP contribution in [-0.4, -0.2) is 67.8 Å². The van der Waals surface area contributed by atoms with Crippen LogP contribution in [0.15, 0.2) is 18.3 Å². The molecule has 1 aliphatic rings. The summed E-state index contributed by atoms with van der Waals surface area (Å²) in [6.45, 7) is -1.53. The molecule has 1 aromatic heterocycles. The van der Waals surface area contributed by atoms with Crippen LogP contribution < -0.4 is 15.0 Å². The molecule has 12 heteroatoms. The first-order chi connectivity index (χ1) is 14.4. The van der Waals surface area contributed by atoms with Gasteiger partial charge in [-0.2, -0.15) is 13.8 Å². The van der Waals surface area contributed by atoms with Gasteiger partial charge in [-0.3, -0.25) is 9.69 Å². The van der Waals surface area contributed by atoms with E-state index in [1.165, 1.54) is 26.3 Å². The average molecular weight is 446 g/mol. The van der Waals surface area contributed by atoms with Crippen molar-refractivity contribution in [3.05, 3.63) is 34.7 Å². The van der Waals surface area contributed by atoms with E-state index in [0.29, 0.717) is 31.2 Å². The number of morpholine rings is 1. The zero-order valence-corrected chi connectivity index (χ0v) is 16.9. The van der Waals surface area contributed by atoms with E-state index in [-0.39, 0.29) is 33.7 Å². The van der Waals surface area contributed by atoms with E-state index in [2.05, 4.69) is 15.3 Å². The molecule has 1 aromatic carbocycles. The van der Waals surface area contributed by atoms with E-state index in [1.54, 1.807) is 4.90 Å². The number of methoxy groups -OCH3 is 1. The maximum absolute atomic E-state index is 13.9. The second-order valence-corrected chi connectivity index (χ2v) is 6.58. The molecular formula is C18H19ClF3N5O3. The summed E-state index contributed by atoms with van der Waals surface area (Å²) in [5.74, 6) is -1.85. The molecule has 0 unspecified atom stereocenters. The molecule has 0 atom stereocenters. The number of alkyl halides is 2. The highest BCUT2D eigenvalue weighted by Gasteiger charge is 2.29. The molecule has 2 aromatic rings. The molecule has 0 bridgehead atoms. The molecule has 0 spiro atoms. The molecule has 1 fully saturated rings. The zero-order valence-electron chi connectivity index (χ0n) is 16.2. The molecule has 1 saturated heterocycles. The lowest BCUT2D eigenvalue weighted by Crippen LogP contribution is -2.40. The van der Waals surface area contributed by atoms with Crippen molar-refractivity contribution in [2.75, 3.05) is 50.7 Å². The Morgan fingerprint density at radius 2 is 2.07 bits per heavy atom. The summed E-state index contributed by atoms with van der Waals surface area (Å²) in [5, 5.41) is 2.32. The Labute approximate surface area is 175 Å². The van der Waals surface area contributed by atoms with Crippen molar-refractivity contribution in [3.63, 3.8) is 0 Å². The van der Waals surface area contributed by atoms with Crippen molar-refractivity contribution < 1.29 is 27.4 Å². The number of hydrogen-bond acceptors (Lipinski definition) is 7. The molecule has 8 nitrogen and oxygen atoms in total. The quantitative estimate of drug-likeness (QED) is 0.684. The Morgan fingerprint density at radius 1 is 1.37 bits per heavy atom. The third-order valence-electron chi connectivity index (χ3n) is 4.44. The summed E-state index contributed by atoms with van der Waals surface area (Å²) in [4.78, 5) is 22.2. The van der Waals surface area contributed by atoms with Gasteiger partial charge in [0, 0.05) is 26.2 Å². The number of carbonyl (C=O) groups is 1. The summed E-state index contributed by atoms with van der Waals surface area (Å²) in [5.41, 5.74) is -0.0750. The first-order valence-electron chi connectivity index (χ1n) is 8.89. The van der Waals surface area contributed by atoms with Crippen molar-refractivity contribution in [3.8, 4) is 5.75 Å². The molecule has 1 N–H and O–H groups in total. The number of anilines is 3. The topological polar surface area (TPSA) is 79.8 Å². The van der Waals surface area contributed by atoms with Crippen molar-refractivity contribution in [1.29, 1.82) is 0 Å². The summed E-state index contributed by atoms with van der Waals surface area (Å²) in [6, 6.07) is 2.46. The number of nitrogens with zero attached hydrogens (tertiary/aromatic N) is 4. The van der Waals surface area contributed by atoms with Crippen molar-refractivity contribution in [2.45, 2.75) is 6.55 Å². The molecule has 0 aliphatic carbocycles. The number of rotatable bonds is 6. The van der Waals surface area contributed by atoms with Crippen LogP contribution in [0.25, 0.3) is 0 Å². The first kappa shape index (κ1) is 21.9. The number of benzene rings is 1. The normalized spacial score (nSPS) is 14.0. The van der Waals surface area contributed by atoms with Gasteiger partial charge in [0.1, 0.15) is 5.75 Å². The number of halogens is 4. The minimum absolute atomic E-state index is 0.0486. The summed E-state index contributed by atoms with van der Waals surface area (Å²) in [6.07, 6.45) is 0.769. The molecule has 2 heterocycles. The third-order valence-corrected chi connectivity index (χ3v) is 4.74. The van der Waals surface area contributed by atoms with E-state index in [4.69, 9.17) is 21.1 Å². The largest absolute Gasteiger partial charge is 0.496 e. The van der Waals surface area contributed by atoms with Gasteiger partial charge in [0.05, 0.1) is 42.8 Å². The predicted octanol–water partition coefficient (Wildman–Crippen LogP) is 3.15. The fourth-order valence-corrected chi connectivity index (χ4v) is 3.20. The van der Waals surface area contributed by atoms with Gasteiger partial charge in [-0.05, 0) is 6.07 Å². The molecule has 162 valence electrons. The highest BCUT2D eigenvalue weighted by atomic mass is 35.5. The van der Waals surface area contributed by atoms with Crippen LogP contribution in [0.3, 0.4) is 0 Å². The molecule has 1 aliphatic heterocycles. The van der Waals surface area contributed by atoms with Crippen molar-refractivity contribution in [1.82, 2.24) is 14.9 Å². The van der Waals surface area contributed by atoms with Crippen molar-refractivity contribution in [2.24, 2.45) is 0 Å². The summed E-state index contributed by atoms with van der Waals surface area (Å²) >= 11 is 6.26. The van der Waals surface area contributed by atoms with Gasteiger partial charge in [0.15, 0.2) is 11.6 Å². The number of ether oxygens (including phenoxy) is 2. The van der Waals surface area contributed by atoms with E-state index < -0.39 is 18.3 Å². The lowest BCUT2D eigenvalue weighted by molar-refractivity contribution is 0.0301. The Morgan fingerprint density at radius 3 is 2.67 bits per heavy atom. The van der Waals surface area contributed by atoms with E-state index in [9.17, 15) is 18.0 Å². The van der Waals surface area contributed by atoms with Gasteiger partial charge in [-0.25, -0.2) is 9.37 Å². The van der Waals surface area contributed by atoms with Gasteiger partial charge >= 0.3 is 6.55 Å². The molecule has 0 saturated carbocycles. The van der Waals surface area contributed by atoms with Crippen LogP contribution >= 0.6 is 11.6 Å². The fraction of sp³-hybridized carbons (Fsp3) is 0.389. The number of amides is 1. The molecule has 1 amide bonds. The number of carbonyl (C=O) groups excluding carboxylic acids is 1. The molecule has 30 heavy (non-hydrogen) atoms. The Balaban J connectivity index is 2.04. The smallest absolute Gasteiger partial charge is 0.321 e. The van der Waals surface area contributed by atoms with Crippen molar-refractivity contribution >= 4 is 35.0 Å². The standard InChI is InChI=1S/C18H19ClF3N5O3/c1-23-15-12(20)9-24-18(25-15)27(17(21)22)13-8-14(29-2)10(7-11(13)19)16(28)26-3-5-30-6-4-26/h7-9,17H,3-6H2,1-2H3,(H,23,24,25). The van der Waals surface area contributed by atoms with Crippen LogP contribution in [0.1, 0.15) is 10.4 Å². The lowest BCUT2D eigenvalue weighted by Gasteiger charge is -2.28. The Kier molecular flexibility index (Phi) is 6.83. The van der Waals surface area contributed by atoms with Gasteiger partial charge in [-0.1, -0.05) is 11.6 Å². The first-order valence-corrected chi connectivity index (χ1v) is 9.27. The number of hydrogen-bond donors (Lipinski definition) is 1. The van der Waals surface area contributed by atoms with Crippen LogP contribution in [0, 0.1) is 5.82 Å². The third kappa shape index (κ3) is 4.36. The Hall–Kier alpha value is -2.79. The molecular weight excluding hydrogens is 427 g/mol. The van der Waals surface area contributed by atoms with Gasteiger partial charge in [0.2, 0.25) is 5.95 Å². The maximum Gasteiger partial charge on any atom is 0.321 e. The van der Waals surface area contributed by atoms with Gasteiger partial charge < -0.3 is 19.7 Å². The predicted molar refractivity (Wildman–Crippen MR) is 104 cm³/mol. The van der Waals surface area contributed by atoms with E-state index >= 15 is 0 Å². The number of nitrogens with one attached hydrogen (secondary N) is 1. The summed E-state index contributed by atoms with van der Waals surface area (Å²) in [7, 11) is 2.70. The minimum atomic E-state index is -3.11. The van der Waals surface area contributed by atoms with Crippen LogP contribution in [0.4, 0.5) is 30.6 Å². The molecule has 3 rings (SSSR count). The number of aromatic nitrogens is 2. The van der Waals surface area contributed by atoms with Gasteiger partial charge in [-0.15, -0.1) is 0 Å². The monoisotopic (exact) mass is 445 g/mol. The van der Waals surface area contributed by atoms with Crippen LogP contribution in [0.5, 0.6) is 5.75 Å². The SMILES string of the molecule is CNc1nc(N(c2cc(OC)c(C(=O)N3CCOCC3)cc2Cl)C(F)F)ncc1F.